The quantitative estimate of drug-likeness (QED) is 0.478. The van der Waals surface area contributed by atoms with E-state index in [0.717, 1.165) is 29.6 Å². The molecular formula is C22H36. The van der Waals surface area contributed by atoms with E-state index < -0.39 is 0 Å². The summed E-state index contributed by atoms with van der Waals surface area (Å²) in [5, 5.41) is 0. The van der Waals surface area contributed by atoms with E-state index in [1.54, 1.807) is 5.57 Å². The van der Waals surface area contributed by atoms with Gasteiger partial charge in [-0.2, -0.15) is 0 Å². The van der Waals surface area contributed by atoms with Crippen molar-refractivity contribution in [3.05, 3.63) is 12.2 Å². The van der Waals surface area contributed by atoms with Crippen molar-refractivity contribution >= 4 is 0 Å². The Labute approximate surface area is 138 Å². The molecule has 0 radical (unpaired) electrons. The fourth-order valence-electron chi connectivity index (χ4n) is 8.04. The predicted octanol–water partition coefficient (Wildman–Crippen LogP) is 6.61. The van der Waals surface area contributed by atoms with Crippen LogP contribution in [0.2, 0.25) is 0 Å². The summed E-state index contributed by atoms with van der Waals surface area (Å²) < 4.78 is 0. The van der Waals surface area contributed by atoms with Crippen LogP contribution in [0.1, 0.15) is 85.0 Å². The predicted molar refractivity (Wildman–Crippen MR) is 94.6 cm³/mol. The second kappa shape index (κ2) is 5.12. The maximum Gasteiger partial charge on any atom is -0.0118 e. The number of allylic oxidation sites excluding steroid dienone is 1. The smallest absolute Gasteiger partial charge is 0.0118 e. The Morgan fingerprint density at radius 1 is 1.00 bits per heavy atom. The summed E-state index contributed by atoms with van der Waals surface area (Å²) in [4.78, 5) is 0. The summed E-state index contributed by atoms with van der Waals surface area (Å²) in [6.45, 7) is 12.3. The molecule has 0 amide bonds. The second-order valence-electron chi connectivity index (χ2n) is 9.79. The number of fused-ring (bicyclic) bond motifs is 5. The molecule has 7 atom stereocenters. The van der Waals surface area contributed by atoms with E-state index in [0.29, 0.717) is 10.8 Å². The van der Waals surface area contributed by atoms with Crippen molar-refractivity contribution in [1.29, 1.82) is 0 Å². The summed E-state index contributed by atoms with van der Waals surface area (Å²) in [7, 11) is 0. The van der Waals surface area contributed by atoms with Crippen LogP contribution in [0.3, 0.4) is 0 Å². The van der Waals surface area contributed by atoms with Crippen molar-refractivity contribution in [1.82, 2.24) is 0 Å². The highest BCUT2D eigenvalue weighted by molar-refractivity contribution is 5.22. The van der Waals surface area contributed by atoms with Gasteiger partial charge in [0.2, 0.25) is 0 Å². The molecule has 0 N–H and O–H groups in total. The molecule has 0 nitrogen and oxygen atoms in total. The van der Waals surface area contributed by atoms with Gasteiger partial charge in [0.25, 0.3) is 0 Å². The van der Waals surface area contributed by atoms with Gasteiger partial charge in [0.1, 0.15) is 0 Å². The third-order valence-electron chi connectivity index (χ3n) is 9.17. The SMILES string of the molecule is C=C1C[C@H](CC)[C@@]2(C)CC[C@H]3[C@@H](CCC4CCCC[C@@]43C)[C@H]12. The Kier molecular flexibility index (Phi) is 3.55. The van der Waals surface area contributed by atoms with E-state index in [1.165, 1.54) is 64.2 Å². The van der Waals surface area contributed by atoms with Crippen molar-refractivity contribution in [3.63, 3.8) is 0 Å². The molecule has 0 heterocycles. The standard InChI is InChI=1S/C22H36/c1-5-16-14-15(2)20-18-10-9-17-8-6-7-12-21(17,3)19(18)11-13-22(16,20)4/h16-20H,2,5-14H2,1,3-4H3/t16-,17?,18+,19-,20-,21-,22+/m0/s1. The second-order valence-corrected chi connectivity index (χ2v) is 9.79. The highest BCUT2D eigenvalue weighted by Gasteiger charge is 2.60. The fraction of sp³-hybridized carbons (Fsp3) is 0.909. The van der Waals surface area contributed by atoms with Gasteiger partial charge in [0.05, 0.1) is 0 Å². The van der Waals surface area contributed by atoms with Crippen molar-refractivity contribution in [2.24, 2.45) is 40.4 Å². The Morgan fingerprint density at radius 2 is 1.82 bits per heavy atom. The Bertz CT molecular complexity index is 463. The highest BCUT2D eigenvalue weighted by atomic mass is 14.6. The monoisotopic (exact) mass is 300 g/mol. The van der Waals surface area contributed by atoms with E-state index in [4.69, 9.17) is 0 Å². The molecule has 1 unspecified atom stereocenters. The van der Waals surface area contributed by atoms with E-state index in [1.807, 2.05) is 0 Å². The highest BCUT2D eigenvalue weighted by Crippen LogP contribution is 2.68. The first-order valence-corrected chi connectivity index (χ1v) is 10.2. The third-order valence-corrected chi connectivity index (χ3v) is 9.17. The lowest BCUT2D eigenvalue weighted by Crippen LogP contribution is -2.52. The largest absolute Gasteiger partial charge is 0.0995 e. The van der Waals surface area contributed by atoms with Gasteiger partial charge >= 0.3 is 0 Å². The molecule has 0 aromatic rings. The zero-order valence-electron chi connectivity index (χ0n) is 15.2. The van der Waals surface area contributed by atoms with Crippen LogP contribution in [0, 0.1) is 40.4 Å². The normalized spacial score (nSPS) is 54.5. The maximum atomic E-state index is 4.60. The molecule has 0 spiro atoms. The van der Waals surface area contributed by atoms with E-state index in [2.05, 4.69) is 27.4 Å². The zero-order chi connectivity index (χ0) is 15.5. The van der Waals surface area contributed by atoms with Crippen molar-refractivity contribution in [2.45, 2.75) is 85.0 Å². The number of hydrogen-bond donors (Lipinski definition) is 0. The lowest BCUT2D eigenvalue weighted by atomic mass is 9.44. The third kappa shape index (κ3) is 1.88. The first-order chi connectivity index (χ1) is 10.5. The van der Waals surface area contributed by atoms with E-state index in [9.17, 15) is 0 Å². The molecule has 4 fully saturated rings. The molecule has 0 saturated heterocycles. The van der Waals surface area contributed by atoms with Crippen LogP contribution in [0.25, 0.3) is 0 Å². The average Bonchev–Trinajstić information content (AvgIpc) is 2.77. The van der Waals surface area contributed by atoms with Crippen LogP contribution in [0.5, 0.6) is 0 Å². The van der Waals surface area contributed by atoms with Gasteiger partial charge in [0.15, 0.2) is 0 Å². The minimum Gasteiger partial charge on any atom is -0.0995 e. The van der Waals surface area contributed by atoms with Gasteiger partial charge in [-0.1, -0.05) is 52.2 Å². The molecule has 0 aliphatic heterocycles. The number of rotatable bonds is 1. The first-order valence-electron chi connectivity index (χ1n) is 10.2. The van der Waals surface area contributed by atoms with Crippen molar-refractivity contribution in [2.75, 3.05) is 0 Å². The average molecular weight is 301 g/mol. The minimum atomic E-state index is 0.588. The molecule has 0 bridgehead atoms. The summed E-state index contributed by atoms with van der Waals surface area (Å²) in [6, 6.07) is 0. The van der Waals surface area contributed by atoms with Crippen LogP contribution in [-0.4, -0.2) is 0 Å². The van der Waals surface area contributed by atoms with Crippen LogP contribution in [0.4, 0.5) is 0 Å². The van der Waals surface area contributed by atoms with E-state index in [-0.39, 0.29) is 0 Å². The molecule has 4 aliphatic rings. The Morgan fingerprint density at radius 3 is 2.59 bits per heavy atom. The lowest BCUT2D eigenvalue weighted by molar-refractivity contribution is -0.104. The molecule has 0 heteroatoms. The molecule has 0 aromatic heterocycles. The summed E-state index contributed by atoms with van der Waals surface area (Å²) >= 11 is 0. The Hall–Kier alpha value is -0.260. The molecule has 4 rings (SSSR count). The summed E-state index contributed by atoms with van der Waals surface area (Å²) in [5.41, 5.74) is 2.90. The molecule has 4 aliphatic carbocycles. The lowest BCUT2D eigenvalue weighted by Gasteiger charge is -2.60. The summed E-state index contributed by atoms with van der Waals surface area (Å²) in [6.07, 6.45) is 14.8. The molecular weight excluding hydrogens is 264 g/mol. The zero-order valence-corrected chi connectivity index (χ0v) is 15.2. The first kappa shape index (κ1) is 15.3. The van der Waals surface area contributed by atoms with Gasteiger partial charge in [-0.25, -0.2) is 0 Å². The topological polar surface area (TPSA) is 0 Å². The minimum absolute atomic E-state index is 0.588. The van der Waals surface area contributed by atoms with Gasteiger partial charge in [-0.3, -0.25) is 0 Å². The van der Waals surface area contributed by atoms with Crippen LogP contribution in [-0.2, 0) is 0 Å². The number of hydrogen-bond acceptors (Lipinski definition) is 0. The molecule has 124 valence electrons. The summed E-state index contributed by atoms with van der Waals surface area (Å²) in [5.74, 6) is 4.81. The maximum absolute atomic E-state index is 4.60. The Balaban J connectivity index is 1.67. The van der Waals surface area contributed by atoms with Gasteiger partial charge in [0, 0.05) is 0 Å². The van der Waals surface area contributed by atoms with Crippen molar-refractivity contribution < 1.29 is 0 Å². The van der Waals surface area contributed by atoms with Gasteiger partial charge in [-0.15, -0.1) is 0 Å². The van der Waals surface area contributed by atoms with Gasteiger partial charge < -0.3 is 0 Å². The van der Waals surface area contributed by atoms with Crippen LogP contribution in [0.15, 0.2) is 12.2 Å². The molecule has 22 heavy (non-hydrogen) atoms. The van der Waals surface area contributed by atoms with Gasteiger partial charge in [-0.05, 0) is 85.4 Å². The molecule has 0 aromatic carbocycles. The van der Waals surface area contributed by atoms with Crippen LogP contribution >= 0.6 is 0 Å². The van der Waals surface area contributed by atoms with Crippen LogP contribution < -0.4 is 0 Å². The molecule has 4 saturated carbocycles. The van der Waals surface area contributed by atoms with E-state index >= 15 is 0 Å². The van der Waals surface area contributed by atoms with Crippen molar-refractivity contribution in [3.8, 4) is 0 Å². The fourth-order valence-corrected chi connectivity index (χ4v) is 8.04.